The molecule has 1 aromatic carbocycles. The molecule has 0 aliphatic heterocycles. The Kier molecular flexibility index (Phi) is 5.65. The summed E-state index contributed by atoms with van der Waals surface area (Å²) in [5, 5.41) is 2.54. The van der Waals surface area contributed by atoms with Gasteiger partial charge in [-0.2, -0.15) is 0 Å². The van der Waals surface area contributed by atoms with Crippen LogP contribution < -0.4 is 10.3 Å². The molecule has 3 heterocycles. The summed E-state index contributed by atoms with van der Waals surface area (Å²) in [4.78, 5) is 30.7. The maximum absolute atomic E-state index is 13.5. The summed E-state index contributed by atoms with van der Waals surface area (Å²) in [6.07, 6.45) is 0.588. The standard InChI is InChI=1S/C23H22N2O5S/c1-5-19-24-21-20(16(12-31-21)14-6-8-17(28-3)13(2)10-14)22(26)25(19)11-15-7-9-18(30-15)23(27)29-4/h6-10,12H,5,11H2,1-4H3. The maximum Gasteiger partial charge on any atom is 0.373 e. The lowest BCUT2D eigenvalue weighted by Gasteiger charge is -2.11. The predicted octanol–water partition coefficient (Wildman–Crippen LogP) is 4.43. The van der Waals surface area contributed by atoms with Crippen molar-refractivity contribution in [2.75, 3.05) is 14.2 Å². The van der Waals surface area contributed by atoms with Gasteiger partial charge in [0.15, 0.2) is 0 Å². The van der Waals surface area contributed by atoms with Crippen LogP contribution in [-0.2, 0) is 17.7 Å². The number of ether oxygens (including phenoxy) is 2. The molecule has 0 radical (unpaired) electrons. The molecule has 4 aromatic rings. The zero-order valence-corrected chi connectivity index (χ0v) is 18.5. The van der Waals surface area contributed by atoms with E-state index in [0.717, 1.165) is 22.4 Å². The van der Waals surface area contributed by atoms with Gasteiger partial charge in [-0.3, -0.25) is 9.36 Å². The van der Waals surface area contributed by atoms with Crippen molar-refractivity contribution in [1.82, 2.24) is 9.55 Å². The maximum atomic E-state index is 13.5. The number of esters is 1. The Morgan fingerprint density at radius 1 is 1.23 bits per heavy atom. The Morgan fingerprint density at radius 3 is 2.71 bits per heavy atom. The van der Waals surface area contributed by atoms with Crippen molar-refractivity contribution in [1.29, 1.82) is 0 Å². The summed E-state index contributed by atoms with van der Waals surface area (Å²) in [5.74, 6) is 1.48. The molecule has 3 aromatic heterocycles. The number of thiophene rings is 1. The van der Waals surface area contributed by atoms with Gasteiger partial charge in [-0.1, -0.05) is 13.0 Å². The highest BCUT2D eigenvalue weighted by molar-refractivity contribution is 7.17. The third kappa shape index (κ3) is 3.74. The molecular formula is C23H22N2O5S. The van der Waals surface area contributed by atoms with E-state index in [1.807, 2.05) is 37.4 Å². The Labute approximate surface area is 182 Å². The van der Waals surface area contributed by atoms with Gasteiger partial charge < -0.3 is 13.9 Å². The molecular weight excluding hydrogens is 416 g/mol. The van der Waals surface area contributed by atoms with Crippen molar-refractivity contribution >= 4 is 27.5 Å². The highest BCUT2D eigenvalue weighted by Gasteiger charge is 2.19. The van der Waals surface area contributed by atoms with Gasteiger partial charge in [-0.25, -0.2) is 9.78 Å². The second-order valence-corrected chi connectivity index (χ2v) is 7.90. The lowest BCUT2D eigenvalue weighted by Crippen LogP contribution is -2.25. The van der Waals surface area contributed by atoms with Crippen LogP contribution in [0.2, 0.25) is 0 Å². The number of fused-ring (bicyclic) bond motifs is 1. The Bertz CT molecular complexity index is 1330. The molecule has 0 amide bonds. The molecule has 4 rings (SSSR count). The van der Waals surface area contributed by atoms with E-state index < -0.39 is 5.97 Å². The van der Waals surface area contributed by atoms with Crippen LogP contribution in [0.4, 0.5) is 0 Å². The van der Waals surface area contributed by atoms with Crippen molar-refractivity contribution < 1.29 is 18.7 Å². The normalized spacial score (nSPS) is 11.1. The number of nitrogens with zero attached hydrogens (tertiary/aromatic N) is 2. The fourth-order valence-corrected chi connectivity index (χ4v) is 4.54. The first-order valence-corrected chi connectivity index (χ1v) is 10.7. The van der Waals surface area contributed by atoms with E-state index in [1.54, 1.807) is 23.8 Å². The number of carbonyl (C=O) groups excluding carboxylic acids is 1. The SMILES string of the molecule is CCc1nc2scc(-c3ccc(OC)c(C)c3)c2c(=O)n1Cc1ccc(C(=O)OC)o1. The second kappa shape index (κ2) is 8.39. The Morgan fingerprint density at radius 2 is 2.03 bits per heavy atom. The summed E-state index contributed by atoms with van der Waals surface area (Å²) < 4.78 is 17.2. The third-order valence-corrected chi connectivity index (χ3v) is 6.03. The molecule has 0 N–H and O–H groups in total. The van der Waals surface area contributed by atoms with Crippen LogP contribution in [0.1, 0.15) is 34.6 Å². The van der Waals surface area contributed by atoms with Crippen molar-refractivity contribution in [3.8, 4) is 16.9 Å². The van der Waals surface area contributed by atoms with Gasteiger partial charge in [0.25, 0.3) is 5.56 Å². The summed E-state index contributed by atoms with van der Waals surface area (Å²) >= 11 is 1.45. The minimum atomic E-state index is -0.558. The first-order valence-electron chi connectivity index (χ1n) is 9.79. The average Bonchev–Trinajstić information content (AvgIpc) is 3.42. The molecule has 0 aliphatic carbocycles. The molecule has 160 valence electrons. The average molecular weight is 439 g/mol. The molecule has 0 aliphatic rings. The van der Waals surface area contributed by atoms with E-state index in [0.29, 0.717) is 28.2 Å². The first kappa shape index (κ1) is 20.9. The van der Waals surface area contributed by atoms with E-state index in [4.69, 9.17) is 14.1 Å². The molecule has 31 heavy (non-hydrogen) atoms. The Balaban J connectivity index is 1.83. The molecule has 0 saturated heterocycles. The summed E-state index contributed by atoms with van der Waals surface area (Å²) in [5.41, 5.74) is 2.63. The predicted molar refractivity (Wildman–Crippen MR) is 119 cm³/mol. The number of aromatic nitrogens is 2. The van der Waals surface area contributed by atoms with Crippen LogP contribution >= 0.6 is 11.3 Å². The van der Waals surface area contributed by atoms with Crippen molar-refractivity contribution in [2.24, 2.45) is 0 Å². The van der Waals surface area contributed by atoms with Gasteiger partial charge in [0, 0.05) is 17.4 Å². The van der Waals surface area contributed by atoms with Gasteiger partial charge >= 0.3 is 5.97 Å². The highest BCUT2D eigenvalue weighted by Crippen LogP contribution is 2.33. The monoisotopic (exact) mass is 438 g/mol. The van der Waals surface area contributed by atoms with Crippen LogP contribution in [0.25, 0.3) is 21.3 Å². The highest BCUT2D eigenvalue weighted by atomic mass is 32.1. The second-order valence-electron chi connectivity index (χ2n) is 7.04. The minimum absolute atomic E-state index is 0.0996. The summed E-state index contributed by atoms with van der Waals surface area (Å²) in [6.45, 7) is 4.10. The van der Waals surface area contributed by atoms with E-state index in [-0.39, 0.29) is 17.9 Å². The Hall–Kier alpha value is -3.39. The van der Waals surface area contributed by atoms with Gasteiger partial charge in [0.2, 0.25) is 5.76 Å². The number of methoxy groups -OCH3 is 2. The van der Waals surface area contributed by atoms with Crippen LogP contribution in [0.15, 0.2) is 44.9 Å². The zero-order chi connectivity index (χ0) is 22.1. The van der Waals surface area contributed by atoms with Crippen LogP contribution in [-0.4, -0.2) is 29.7 Å². The van der Waals surface area contributed by atoms with E-state index in [2.05, 4.69) is 4.74 Å². The lowest BCUT2D eigenvalue weighted by atomic mass is 10.0. The molecule has 0 unspecified atom stereocenters. The van der Waals surface area contributed by atoms with Gasteiger partial charge in [0.1, 0.15) is 22.2 Å². The number of hydrogen-bond acceptors (Lipinski definition) is 7. The van der Waals surface area contributed by atoms with Crippen LogP contribution in [0.3, 0.4) is 0 Å². The number of aryl methyl sites for hydroxylation is 2. The third-order valence-electron chi connectivity index (χ3n) is 5.16. The minimum Gasteiger partial charge on any atom is -0.496 e. The van der Waals surface area contributed by atoms with Crippen molar-refractivity contribution in [2.45, 2.75) is 26.8 Å². The topological polar surface area (TPSA) is 83.6 Å². The fraction of sp³-hybridized carbons (Fsp3) is 0.261. The van der Waals surface area contributed by atoms with E-state index in [1.165, 1.54) is 18.4 Å². The van der Waals surface area contributed by atoms with E-state index >= 15 is 0 Å². The van der Waals surface area contributed by atoms with Crippen molar-refractivity contribution in [3.63, 3.8) is 0 Å². The van der Waals surface area contributed by atoms with Crippen LogP contribution in [0, 0.1) is 6.92 Å². The quantitative estimate of drug-likeness (QED) is 0.414. The van der Waals surface area contributed by atoms with Gasteiger partial charge in [0.05, 0.1) is 26.2 Å². The first-order chi connectivity index (χ1) is 15.0. The molecule has 0 atom stereocenters. The molecule has 0 fully saturated rings. The molecule has 7 nitrogen and oxygen atoms in total. The smallest absolute Gasteiger partial charge is 0.373 e. The molecule has 8 heteroatoms. The summed E-state index contributed by atoms with van der Waals surface area (Å²) in [6, 6.07) is 9.06. The molecule has 0 spiro atoms. The number of furan rings is 1. The van der Waals surface area contributed by atoms with Gasteiger partial charge in [-0.05, 0) is 42.3 Å². The zero-order valence-electron chi connectivity index (χ0n) is 17.7. The number of carbonyl (C=O) groups is 1. The van der Waals surface area contributed by atoms with Crippen LogP contribution in [0.5, 0.6) is 5.75 Å². The fourth-order valence-electron chi connectivity index (χ4n) is 3.59. The van der Waals surface area contributed by atoms with Crippen molar-refractivity contribution in [3.05, 3.63) is 69.0 Å². The molecule has 0 saturated carbocycles. The lowest BCUT2D eigenvalue weighted by molar-refractivity contribution is 0.0563. The number of hydrogen-bond donors (Lipinski definition) is 0. The molecule has 0 bridgehead atoms. The largest absolute Gasteiger partial charge is 0.496 e. The number of rotatable bonds is 6. The van der Waals surface area contributed by atoms with E-state index in [9.17, 15) is 9.59 Å². The number of benzene rings is 1. The summed E-state index contributed by atoms with van der Waals surface area (Å²) in [7, 11) is 2.93. The van der Waals surface area contributed by atoms with Gasteiger partial charge in [-0.15, -0.1) is 11.3 Å².